The summed E-state index contributed by atoms with van der Waals surface area (Å²) in [6, 6.07) is 10.1. The number of pyridine rings is 1. The lowest BCUT2D eigenvalue weighted by Gasteiger charge is -2.23. The SMILES string of the molecule is Oc1ccccc1-c1nc2c(C(F)(F)F)nc3cc(F)ccc3c2n1CCC1CCNCC1. The summed E-state index contributed by atoms with van der Waals surface area (Å²) in [5, 5.41) is 14.2. The second-order valence-electron chi connectivity index (χ2n) is 8.40. The molecule has 2 aromatic heterocycles. The van der Waals surface area contributed by atoms with Crippen LogP contribution in [0.4, 0.5) is 17.6 Å². The minimum absolute atomic E-state index is 0.0761. The van der Waals surface area contributed by atoms with E-state index in [-0.39, 0.29) is 28.1 Å². The number of aryl methyl sites for hydroxylation is 1. The molecule has 33 heavy (non-hydrogen) atoms. The van der Waals surface area contributed by atoms with Gasteiger partial charge in [-0.2, -0.15) is 13.2 Å². The fraction of sp³-hybridized carbons (Fsp3) is 0.333. The third-order valence-electron chi connectivity index (χ3n) is 6.27. The van der Waals surface area contributed by atoms with Gasteiger partial charge in [0.1, 0.15) is 22.9 Å². The van der Waals surface area contributed by atoms with Gasteiger partial charge in [-0.1, -0.05) is 12.1 Å². The van der Waals surface area contributed by atoms with Gasteiger partial charge >= 0.3 is 6.18 Å². The van der Waals surface area contributed by atoms with Gasteiger partial charge in [0.15, 0.2) is 5.69 Å². The van der Waals surface area contributed by atoms with Gasteiger partial charge in [0.05, 0.1) is 16.6 Å². The van der Waals surface area contributed by atoms with E-state index in [1.54, 1.807) is 22.8 Å². The molecule has 0 bridgehead atoms. The van der Waals surface area contributed by atoms with Crippen LogP contribution in [0.5, 0.6) is 5.75 Å². The second kappa shape index (κ2) is 8.30. The normalized spacial score (nSPS) is 15.5. The Bertz CT molecular complexity index is 1330. The Morgan fingerprint density at radius 2 is 1.82 bits per heavy atom. The fourth-order valence-electron chi connectivity index (χ4n) is 4.63. The van der Waals surface area contributed by atoms with E-state index in [1.165, 1.54) is 18.2 Å². The van der Waals surface area contributed by atoms with Crippen molar-refractivity contribution in [2.45, 2.75) is 32.0 Å². The Balaban J connectivity index is 1.79. The number of nitrogens with zero attached hydrogens (tertiary/aromatic N) is 3. The summed E-state index contributed by atoms with van der Waals surface area (Å²) < 4.78 is 57.6. The number of fused-ring (bicyclic) bond motifs is 3. The first-order chi connectivity index (χ1) is 15.8. The van der Waals surface area contributed by atoms with Gasteiger partial charge in [0, 0.05) is 18.0 Å². The van der Waals surface area contributed by atoms with Gasteiger partial charge in [-0.3, -0.25) is 0 Å². The number of aromatic nitrogens is 3. The zero-order valence-corrected chi connectivity index (χ0v) is 17.7. The molecule has 5 rings (SSSR count). The quantitative estimate of drug-likeness (QED) is 0.396. The number of halogens is 4. The first-order valence-corrected chi connectivity index (χ1v) is 10.9. The predicted octanol–water partition coefficient (Wildman–Crippen LogP) is 5.50. The molecule has 2 N–H and O–H groups in total. The lowest BCUT2D eigenvalue weighted by Crippen LogP contribution is -2.28. The summed E-state index contributed by atoms with van der Waals surface area (Å²) in [6.45, 7) is 2.23. The van der Waals surface area contributed by atoms with E-state index in [2.05, 4.69) is 15.3 Å². The highest BCUT2D eigenvalue weighted by Gasteiger charge is 2.38. The van der Waals surface area contributed by atoms with Crippen molar-refractivity contribution in [2.75, 3.05) is 13.1 Å². The van der Waals surface area contributed by atoms with Crippen LogP contribution in [-0.4, -0.2) is 32.7 Å². The number of imidazole rings is 1. The van der Waals surface area contributed by atoms with Gasteiger partial charge in [0.2, 0.25) is 0 Å². The van der Waals surface area contributed by atoms with Crippen LogP contribution in [0.1, 0.15) is 25.0 Å². The molecule has 172 valence electrons. The van der Waals surface area contributed by atoms with Gasteiger partial charge < -0.3 is 15.0 Å². The zero-order chi connectivity index (χ0) is 23.2. The van der Waals surface area contributed by atoms with Crippen molar-refractivity contribution in [1.29, 1.82) is 0 Å². The molecule has 3 heterocycles. The summed E-state index contributed by atoms with van der Waals surface area (Å²) in [7, 11) is 0. The highest BCUT2D eigenvalue weighted by molar-refractivity contribution is 6.05. The van der Waals surface area contributed by atoms with E-state index in [0.29, 0.717) is 23.4 Å². The van der Waals surface area contributed by atoms with Gasteiger partial charge in [-0.15, -0.1) is 0 Å². The van der Waals surface area contributed by atoms with Crippen LogP contribution in [0.2, 0.25) is 0 Å². The van der Waals surface area contributed by atoms with Crippen LogP contribution >= 0.6 is 0 Å². The van der Waals surface area contributed by atoms with E-state index in [4.69, 9.17) is 0 Å². The number of benzene rings is 2. The minimum Gasteiger partial charge on any atom is -0.507 e. The van der Waals surface area contributed by atoms with Crippen molar-refractivity contribution in [3.05, 3.63) is 54.0 Å². The molecule has 1 fully saturated rings. The van der Waals surface area contributed by atoms with E-state index < -0.39 is 17.7 Å². The molecule has 1 aliphatic heterocycles. The molecule has 4 aromatic rings. The number of para-hydroxylation sites is 1. The first kappa shape index (κ1) is 21.6. The highest BCUT2D eigenvalue weighted by Crippen LogP contribution is 2.40. The van der Waals surface area contributed by atoms with Crippen LogP contribution in [0.25, 0.3) is 33.3 Å². The Labute approximate surface area is 187 Å². The fourth-order valence-corrected chi connectivity index (χ4v) is 4.63. The first-order valence-electron chi connectivity index (χ1n) is 10.9. The van der Waals surface area contributed by atoms with Crippen LogP contribution in [0.15, 0.2) is 42.5 Å². The molecule has 9 heteroatoms. The Kier molecular flexibility index (Phi) is 5.44. The maximum Gasteiger partial charge on any atom is 0.435 e. The largest absolute Gasteiger partial charge is 0.507 e. The molecule has 0 aliphatic carbocycles. The average Bonchev–Trinajstić information content (AvgIpc) is 3.16. The lowest BCUT2D eigenvalue weighted by molar-refractivity contribution is -0.139. The number of rotatable bonds is 4. The molecule has 0 radical (unpaired) electrons. The van der Waals surface area contributed by atoms with Crippen LogP contribution < -0.4 is 5.32 Å². The van der Waals surface area contributed by atoms with E-state index >= 15 is 0 Å². The number of nitrogens with one attached hydrogen (secondary N) is 1. The minimum atomic E-state index is -4.77. The summed E-state index contributed by atoms with van der Waals surface area (Å²) in [5.41, 5.74) is -0.957. The van der Waals surface area contributed by atoms with Crippen molar-refractivity contribution < 1.29 is 22.7 Å². The Morgan fingerprint density at radius 1 is 1.06 bits per heavy atom. The summed E-state index contributed by atoms with van der Waals surface area (Å²) in [4.78, 5) is 8.11. The number of alkyl halides is 3. The van der Waals surface area contributed by atoms with Gasteiger partial charge in [-0.25, -0.2) is 14.4 Å². The van der Waals surface area contributed by atoms with Crippen LogP contribution in [-0.2, 0) is 12.7 Å². The molecule has 0 unspecified atom stereocenters. The van der Waals surface area contributed by atoms with Gasteiger partial charge in [-0.05, 0) is 62.5 Å². The smallest absolute Gasteiger partial charge is 0.435 e. The van der Waals surface area contributed by atoms with Crippen molar-refractivity contribution in [1.82, 2.24) is 19.9 Å². The van der Waals surface area contributed by atoms with E-state index in [1.807, 2.05) is 0 Å². The molecular weight excluding hydrogens is 436 g/mol. The van der Waals surface area contributed by atoms with E-state index in [9.17, 15) is 22.7 Å². The van der Waals surface area contributed by atoms with Crippen molar-refractivity contribution in [3.8, 4) is 17.1 Å². The van der Waals surface area contributed by atoms with Gasteiger partial charge in [0.25, 0.3) is 0 Å². The maximum atomic E-state index is 14.0. The van der Waals surface area contributed by atoms with Crippen molar-refractivity contribution >= 4 is 21.9 Å². The van der Waals surface area contributed by atoms with E-state index in [0.717, 1.165) is 38.4 Å². The number of phenols is 1. The maximum absolute atomic E-state index is 14.0. The second-order valence-corrected chi connectivity index (χ2v) is 8.40. The number of hydrogen-bond acceptors (Lipinski definition) is 4. The average molecular weight is 458 g/mol. The molecule has 5 nitrogen and oxygen atoms in total. The van der Waals surface area contributed by atoms with Crippen molar-refractivity contribution in [3.63, 3.8) is 0 Å². The number of piperidine rings is 1. The zero-order valence-electron chi connectivity index (χ0n) is 17.7. The molecule has 0 atom stereocenters. The highest BCUT2D eigenvalue weighted by atomic mass is 19.4. The molecule has 1 aliphatic rings. The monoisotopic (exact) mass is 458 g/mol. The summed E-state index contributed by atoms with van der Waals surface area (Å²) in [5.74, 6) is -0.0772. The number of aromatic hydroxyl groups is 1. The van der Waals surface area contributed by atoms with Crippen LogP contribution in [0.3, 0.4) is 0 Å². The topological polar surface area (TPSA) is 63.0 Å². The molecular formula is C24H22F4N4O. The third kappa shape index (κ3) is 4.01. The number of hydrogen-bond donors (Lipinski definition) is 2. The standard InChI is InChI=1S/C24H22F4N4O/c25-15-5-6-16-18(13-15)30-22(24(26,27)28)20-21(16)32(12-9-14-7-10-29-11-8-14)23(31-20)17-3-1-2-4-19(17)33/h1-6,13-14,29,33H,7-12H2. The number of phenolic OH excluding ortho intramolecular Hbond substituents is 1. The molecule has 1 saturated heterocycles. The van der Waals surface area contributed by atoms with Crippen LogP contribution in [0, 0.1) is 11.7 Å². The third-order valence-corrected chi connectivity index (χ3v) is 6.27. The van der Waals surface area contributed by atoms with Crippen molar-refractivity contribution in [2.24, 2.45) is 5.92 Å². The molecule has 0 spiro atoms. The molecule has 0 amide bonds. The predicted molar refractivity (Wildman–Crippen MR) is 117 cm³/mol. The molecule has 0 saturated carbocycles. The summed E-state index contributed by atoms with van der Waals surface area (Å²) in [6.07, 6.45) is -2.05. The Hall–Kier alpha value is -3.20. The summed E-state index contributed by atoms with van der Waals surface area (Å²) >= 11 is 0. The lowest BCUT2D eigenvalue weighted by atomic mass is 9.94. The molecule has 2 aromatic carbocycles. The Morgan fingerprint density at radius 3 is 2.55 bits per heavy atom.